The van der Waals surface area contributed by atoms with Gasteiger partial charge in [-0.2, -0.15) is 0 Å². The molecule has 250 valence electrons. The fourth-order valence-electron chi connectivity index (χ4n) is 9.16. The zero-order chi connectivity index (χ0) is 35.3. The van der Waals surface area contributed by atoms with Crippen LogP contribution in [0.1, 0.15) is 25.0 Å². The minimum atomic E-state index is -0.258. The third kappa shape index (κ3) is 4.39. The highest BCUT2D eigenvalue weighted by Gasteiger charge is 2.39. The van der Waals surface area contributed by atoms with Gasteiger partial charge in [-0.1, -0.05) is 141 Å². The molecule has 1 aliphatic rings. The average molecular weight is 678 g/mol. The molecule has 2 heteroatoms. The number of rotatable bonds is 4. The molecule has 10 aromatic rings. The quantitative estimate of drug-likeness (QED) is 0.184. The van der Waals surface area contributed by atoms with E-state index in [4.69, 9.17) is 4.42 Å². The van der Waals surface area contributed by atoms with Crippen LogP contribution in [-0.2, 0) is 5.41 Å². The number of anilines is 3. The van der Waals surface area contributed by atoms with Gasteiger partial charge in [-0.3, -0.25) is 0 Å². The SMILES string of the molecule is CC1(C)c2cc3ccccc3cc2-c2cccc(N(c3ccc4oc5ccccc5c4c3)c3ccc4ccccc4c3-c3cccc4ccccc34)c21. The van der Waals surface area contributed by atoms with Gasteiger partial charge in [0.05, 0.1) is 11.4 Å². The molecule has 0 saturated heterocycles. The maximum absolute atomic E-state index is 6.37. The van der Waals surface area contributed by atoms with Crippen LogP contribution in [0.4, 0.5) is 17.1 Å². The molecule has 53 heavy (non-hydrogen) atoms. The molecule has 1 aliphatic carbocycles. The monoisotopic (exact) mass is 677 g/mol. The first-order chi connectivity index (χ1) is 26.0. The summed E-state index contributed by atoms with van der Waals surface area (Å²) in [7, 11) is 0. The number of nitrogens with zero attached hydrogens (tertiary/aromatic N) is 1. The molecule has 0 bridgehead atoms. The summed E-state index contributed by atoms with van der Waals surface area (Å²) in [5, 5.41) is 9.67. The summed E-state index contributed by atoms with van der Waals surface area (Å²) in [6.07, 6.45) is 0. The van der Waals surface area contributed by atoms with E-state index in [1.54, 1.807) is 0 Å². The van der Waals surface area contributed by atoms with Gasteiger partial charge in [0.1, 0.15) is 11.2 Å². The third-order valence-electron chi connectivity index (χ3n) is 11.6. The van der Waals surface area contributed by atoms with E-state index in [9.17, 15) is 0 Å². The molecule has 11 rings (SSSR count). The van der Waals surface area contributed by atoms with Crippen molar-refractivity contribution in [2.24, 2.45) is 0 Å². The molecular formula is C51H35NO. The Balaban J connectivity index is 1.26. The molecule has 1 aromatic heterocycles. The van der Waals surface area contributed by atoms with E-state index in [2.05, 4.69) is 189 Å². The standard InChI is InChI=1S/C51H35NO/c1-51(2)44-30-35-16-4-3-15-34(35)29-42(44)41-22-12-23-46(50(41)51)52(36-26-28-48-43(31-36)39-20-9-10-24-47(39)53-48)45-27-25-33-14-6-8-19-38(33)49(45)40-21-11-17-32-13-5-7-18-37(32)40/h3-31H,1-2H3. The molecule has 0 aliphatic heterocycles. The Morgan fingerprint density at radius 1 is 0.415 bits per heavy atom. The number of hydrogen-bond donors (Lipinski definition) is 0. The van der Waals surface area contributed by atoms with E-state index in [0.717, 1.165) is 33.3 Å². The van der Waals surface area contributed by atoms with Gasteiger partial charge in [0.25, 0.3) is 0 Å². The highest BCUT2D eigenvalue weighted by Crippen LogP contribution is 2.56. The first-order valence-electron chi connectivity index (χ1n) is 18.4. The number of fused-ring (bicyclic) bond motifs is 9. The van der Waals surface area contributed by atoms with Crippen LogP contribution in [-0.4, -0.2) is 0 Å². The lowest BCUT2D eigenvalue weighted by Crippen LogP contribution is -2.21. The molecular weight excluding hydrogens is 643 g/mol. The lowest BCUT2D eigenvalue weighted by molar-refractivity contribution is 0.661. The Kier molecular flexibility index (Phi) is 6.33. The maximum atomic E-state index is 6.37. The van der Waals surface area contributed by atoms with Crippen molar-refractivity contribution in [2.75, 3.05) is 4.90 Å². The van der Waals surface area contributed by atoms with Gasteiger partial charge in [0.15, 0.2) is 0 Å². The van der Waals surface area contributed by atoms with Crippen LogP contribution < -0.4 is 4.90 Å². The minimum Gasteiger partial charge on any atom is -0.456 e. The van der Waals surface area contributed by atoms with Crippen molar-refractivity contribution >= 4 is 71.3 Å². The zero-order valence-corrected chi connectivity index (χ0v) is 29.6. The van der Waals surface area contributed by atoms with Crippen LogP contribution in [0.3, 0.4) is 0 Å². The Labute approximate surface area is 308 Å². The van der Waals surface area contributed by atoms with E-state index < -0.39 is 0 Å². The van der Waals surface area contributed by atoms with Gasteiger partial charge < -0.3 is 9.32 Å². The largest absolute Gasteiger partial charge is 0.456 e. The summed E-state index contributed by atoms with van der Waals surface area (Å²) in [6, 6.07) is 64.4. The smallest absolute Gasteiger partial charge is 0.135 e. The summed E-state index contributed by atoms with van der Waals surface area (Å²) in [6.45, 7) is 4.79. The van der Waals surface area contributed by atoms with Gasteiger partial charge in [0, 0.05) is 27.4 Å². The Morgan fingerprint density at radius 2 is 1.04 bits per heavy atom. The van der Waals surface area contributed by atoms with Crippen molar-refractivity contribution in [2.45, 2.75) is 19.3 Å². The number of furan rings is 1. The second-order valence-corrected chi connectivity index (χ2v) is 14.9. The molecule has 0 atom stereocenters. The van der Waals surface area contributed by atoms with Crippen LogP contribution in [0.5, 0.6) is 0 Å². The van der Waals surface area contributed by atoms with Crippen LogP contribution >= 0.6 is 0 Å². The van der Waals surface area contributed by atoms with Crippen molar-refractivity contribution in [1.82, 2.24) is 0 Å². The normalized spacial score (nSPS) is 13.2. The first kappa shape index (κ1) is 30.0. The summed E-state index contributed by atoms with van der Waals surface area (Å²) in [5.74, 6) is 0. The number of benzene rings is 9. The molecule has 0 saturated carbocycles. The lowest BCUT2D eigenvalue weighted by Gasteiger charge is -2.34. The van der Waals surface area contributed by atoms with Crippen molar-refractivity contribution in [1.29, 1.82) is 0 Å². The Hall–Kier alpha value is -6.64. The topological polar surface area (TPSA) is 16.4 Å². The average Bonchev–Trinajstić information content (AvgIpc) is 3.68. The van der Waals surface area contributed by atoms with Crippen LogP contribution in [0.15, 0.2) is 180 Å². The predicted molar refractivity (Wildman–Crippen MR) is 224 cm³/mol. The van der Waals surface area contributed by atoms with Crippen molar-refractivity contribution in [3.8, 4) is 22.3 Å². The van der Waals surface area contributed by atoms with Gasteiger partial charge >= 0.3 is 0 Å². The van der Waals surface area contributed by atoms with Gasteiger partial charge in [-0.15, -0.1) is 0 Å². The molecule has 1 heterocycles. The lowest BCUT2D eigenvalue weighted by atomic mass is 9.80. The molecule has 0 spiro atoms. The third-order valence-corrected chi connectivity index (χ3v) is 11.6. The molecule has 0 amide bonds. The molecule has 0 radical (unpaired) electrons. The summed E-state index contributed by atoms with van der Waals surface area (Å²) in [5.41, 5.74) is 12.7. The van der Waals surface area contributed by atoms with Crippen molar-refractivity contribution in [3.63, 3.8) is 0 Å². The van der Waals surface area contributed by atoms with E-state index in [1.165, 1.54) is 71.4 Å². The highest BCUT2D eigenvalue weighted by atomic mass is 16.3. The molecule has 9 aromatic carbocycles. The first-order valence-corrected chi connectivity index (χ1v) is 18.4. The van der Waals surface area contributed by atoms with Gasteiger partial charge in [0.2, 0.25) is 0 Å². The number of para-hydroxylation sites is 1. The number of hydrogen-bond acceptors (Lipinski definition) is 2. The highest BCUT2D eigenvalue weighted by molar-refractivity contribution is 6.13. The maximum Gasteiger partial charge on any atom is 0.135 e. The van der Waals surface area contributed by atoms with E-state index in [0.29, 0.717) is 0 Å². The fraction of sp³-hybridized carbons (Fsp3) is 0.0588. The van der Waals surface area contributed by atoms with Crippen molar-refractivity contribution < 1.29 is 4.42 Å². The summed E-state index contributed by atoms with van der Waals surface area (Å²) in [4.78, 5) is 2.52. The molecule has 2 nitrogen and oxygen atoms in total. The van der Waals surface area contributed by atoms with Crippen LogP contribution in [0.2, 0.25) is 0 Å². The second kappa shape index (κ2) is 11.2. The Morgan fingerprint density at radius 3 is 1.87 bits per heavy atom. The van der Waals surface area contributed by atoms with Crippen LogP contribution in [0.25, 0.3) is 76.5 Å². The minimum absolute atomic E-state index is 0.258. The van der Waals surface area contributed by atoms with E-state index in [-0.39, 0.29) is 5.41 Å². The Bertz CT molecular complexity index is 3100. The van der Waals surface area contributed by atoms with Crippen LogP contribution in [0, 0.1) is 0 Å². The second-order valence-electron chi connectivity index (χ2n) is 14.9. The van der Waals surface area contributed by atoms with Gasteiger partial charge in [-0.25, -0.2) is 0 Å². The van der Waals surface area contributed by atoms with E-state index in [1.807, 2.05) is 6.07 Å². The summed E-state index contributed by atoms with van der Waals surface area (Å²) >= 11 is 0. The van der Waals surface area contributed by atoms with Gasteiger partial charge in [-0.05, 0) is 109 Å². The summed E-state index contributed by atoms with van der Waals surface area (Å²) < 4.78 is 6.37. The molecule has 0 fully saturated rings. The van der Waals surface area contributed by atoms with E-state index >= 15 is 0 Å². The fourth-order valence-corrected chi connectivity index (χ4v) is 9.16. The van der Waals surface area contributed by atoms with Crippen molar-refractivity contribution in [3.05, 3.63) is 187 Å². The zero-order valence-electron chi connectivity index (χ0n) is 29.6. The molecule has 0 unspecified atom stereocenters. The molecule has 0 N–H and O–H groups in total. The predicted octanol–water partition coefficient (Wildman–Crippen LogP) is 14.5.